The van der Waals surface area contributed by atoms with Crippen LogP contribution in [0.3, 0.4) is 0 Å². The van der Waals surface area contributed by atoms with Crippen molar-refractivity contribution in [2.75, 3.05) is 0 Å². The monoisotopic (exact) mass is 322 g/mol. The molecule has 0 heterocycles. The van der Waals surface area contributed by atoms with Crippen molar-refractivity contribution in [2.45, 2.75) is 0 Å². The fourth-order valence-corrected chi connectivity index (χ4v) is 0. The highest BCUT2D eigenvalue weighted by Gasteiger charge is 1.15. The lowest BCUT2D eigenvalue weighted by atomic mass is 30.9. The molecule has 0 saturated carbocycles. The molecule has 0 aliphatic heterocycles. The van der Waals surface area contributed by atoms with Crippen molar-refractivity contribution in [1.82, 2.24) is 0 Å². The lowest BCUT2D eigenvalue weighted by molar-refractivity contribution is 6.22. The largest absolute Gasteiger partial charge is 0.197 e. The lowest BCUT2D eigenvalue weighted by Crippen LogP contribution is -1.15. The Kier molecular flexibility index (Phi) is 97.1. The van der Waals surface area contributed by atoms with E-state index in [1.54, 1.807) is 0 Å². The van der Waals surface area contributed by atoms with Crippen molar-refractivity contribution in [3.63, 3.8) is 0 Å². The maximum absolute atomic E-state index is 4.33. The summed E-state index contributed by atoms with van der Waals surface area (Å²) in [5, 5.41) is 0. The molecule has 0 saturated heterocycles. The SMILES string of the molecule is S.S=S.S=S=S.S=S=S=S. The summed E-state index contributed by atoms with van der Waals surface area (Å²) in [7, 11) is 3.26. The van der Waals surface area contributed by atoms with Gasteiger partial charge in [-0.05, 0) is 0 Å². The Morgan fingerprint density at radius 3 is 0.800 bits per heavy atom. The third-order valence-corrected chi connectivity index (χ3v) is 2.25. The van der Waals surface area contributed by atoms with Crippen LogP contribution in [0, 0.1) is 0 Å². The highest BCUT2D eigenvalue weighted by atomic mass is 33.2. The maximum Gasteiger partial charge on any atom is 0 e. The summed E-state index contributed by atoms with van der Waals surface area (Å²) in [4.78, 5) is 0. The highest BCUT2D eigenvalue weighted by Crippen LogP contribution is 1.14. The first kappa shape index (κ1) is 22.8. The Bertz CT molecular complexity index is 114. The molecule has 0 amide bonds. The normalized spacial score (nSPS) is 3.60. The zero-order chi connectivity index (χ0) is 8.12. The zero-order valence-corrected chi connectivity index (χ0v) is 12.5. The Morgan fingerprint density at radius 2 is 0.800 bits per heavy atom. The second-order valence-corrected chi connectivity index (χ2v) is 5.51. The van der Waals surface area contributed by atoms with Gasteiger partial charge in [-0.15, -0.1) is 0 Å². The summed E-state index contributed by atoms with van der Waals surface area (Å²) in [6.45, 7) is 0. The summed E-state index contributed by atoms with van der Waals surface area (Å²) >= 11 is 24.2. The molecule has 0 atom stereocenters. The zero-order valence-electron chi connectivity index (χ0n) is 4.17. The van der Waals surface area contributed by atoms with Crippen LogP contribution in [0.2, 0.25) is 0 Å². The van der Waals surface area contributed by atoms with Gasteiger partial charge >= 0.3 is 0 Å². The van der Waals surface area contributed by atoms with Crippen LogP contribution in [0.25, 0.3) is 0 Å². The molecule has 0 N–H and O–H groups in total. The third kappa shape index (κ3) is 81.1. The number of hydrogen-bond donors (Lipinski definition) is 0. The van der Waals surface area contributed by atoms with Crippen LogP contribution >= 0.6 is 13.5 Å². The first-order valence-electron chi connectivity index (χ1n) is 1.00. The van der Waals surface area contributed by atoms with Gasteiger partial charge in [0, 0.05) is 93.8 Å². The van der Waals surface area contributed by atoms with Crippen molar-refractivity contribution in [3.8, 4) is 0 Å². The first-order valence-corrected chi connectivity index (χ1v) is 9.00. The van der Waals surface area contributed by atoms with E-state index in [1.165, 1.54) is 17.8 Å². The molecule has 10 heavy (non-hydrogen) atoms. The van der Waals surface area contributed by atoms with Gasteiger partial charge in [-0.25, -0.2) is 0 Å². The Balaban J connectivity index is -0.0000000273. The standard InChI is InChI=1S/S4.S3.S2.H2S/c1-3-4-2;1-3-2;1-2;/h;;;1H2. The van der Waals surface area contributed by atoms with Gasteiger partial charge in [-0.1, -0.05) is 0 Å². The van der Waals surface area contributed by atoms with Crippen LogP contribution in [-0.2, 0) is 93.8 Å². The molecule has 0 aromatic carbocycles. The molecule has 0 nitrogen and oxygen atoms in total. The van der Waals surface area contributed by atoms with Crippen LogP contribution in [0.1, 0.15) is 0 Å². The van der Waals surface area contributed by atoms with Crippen molar-refractivity contribution in [2.24, 2.45) is 0 Å². The van der Waals surface area contributed by atoms with E-state index in [1.807, 2.05) is 0 Å². The summed E-state index contributed by atoms with van der Waals surface area (Å²) in [5.41, 5.74) is 0. The van der Waals surface area contributed by atoms with Crippen molar-refractivity contribution in [1.29, 1.82) is 0 Å². The van der Waals surface area contributed by atoms with Gasteiger partial charge in [-0.2, -0.15) is 13.5 Å². The smallest absolute Gasteiger partial charge is 0 e. The molecule has 0 spiro atoms. The summed E-state index contributed by atoms with van der Waals surface area (Å²) in [6.07, 6.45) is 0. The van der Waals surface area contributed by atoms with Gasteiger partial charge in [0.25, 0.3) is 0 Å². The van der Waals surface area contributed by atoms with E-state index in [-0.39, 0.29) is 13.5 Å². The first-order chi connectivity index (χ1) is 4.33. The molecular formula is H2S10. The fourth-order valence-electron chi connectivity index (χ4n) is 0. The van der Waals surface area contributed by atoms with Gasteiger partial charge in [-0.3, -0.25) is 0 Å². The molecule has 0 aromatic rings. The maximum atomic E-state index is 4.33. The summed E-state index contributed by atoms with van der Waals surface area (Å²) in [5.74, 6) is 0. The summed E-state index contributed by atoms with van der Waals surface area (Å²) in [6, 6.07) is 0. The summed E-state index contributed by atoms with van der Waals surface area (Å²) < 4.78 is 0. The molecule has 10 heteroatoms. The van der Waals surface area contributed by atoms with E-state index in [9.17, 15) is 0 Å². The van der Waals surface area contributed by atoms with Crippen LogP contribution in [0.15, 0.2) is 0 Å². The van der Waals surface area contributed by atoms with E-state index in [2.05, 4.69) is 67.1 Å². The predicted octanol–water partition coefficient (Wildman–Crippen LogP) is 0.0912. The van der Waals surface area contributed by atoms with Gasteiger partial charge in [0.05, 0.1) is 0 Å². The molecule has 0 aromatic heterocycles. The van der Waals surface area contributed by atoms with Crippen LogP contribution < -0.4 is 0 Å². The van der Waals surface area contributed by atoms with Gasteiger partial charge in [0.2, 0.25) is 0 Å². The number of hydrogen-bond acceptors (Lipinski definition) is 6. The second-order valence-electron chi connectivity index (χ2n) is 0.204. The second kappa shape index (κ2) is 42.6. The van der Waals surface area contributed by atoms with E-state index in [4.69, 9.17) is 0 Å². The van der Waals surface area contributed by atoms with Crippen molar-refractivity contribution in [3.05, 3.63) is 0 Å². The van der Waals surface area contributed by atoms with Crippen molar-refractivity contribution < 1.29 is 0 Å². The molecular weight excluding hydrogens is 321 g/mol. The van der Waals surface area contributed by atoms with E-state index in [0.29, 0.717) is 0 Å². The van der Waals surface area contributed by atoms with Crippen molar-refractivity contribution >= 4 is 107 Å². The minimum atomic E-state index is 0. The minimum absolute atomic E-state index is 0. The molecule has 0 fully saturated rings. The Hall–Kier alpha value is 2.33. The lowest BCUT2D eigenvalue weighted by Gasteiger charge is -1.14. The molecule has 0 rings (SSSR count). The topological polar surface area (TPSA) is 0 Å². The highest BCUT2D eigenvalue weighted by molar-refractivity contribution is 8.51. The predicted molar refractivity (Wildman–Crippen MR) is 76.7 cm³/mol. The molecule has 0 bridgehead atoms. The molecule has 0 aliphatic rings. The van der Waals surface area contributed by atoms with E-state index >= 15 is 0 Å². The van der Waals surface area contributed by atoms with E-state index < -0.39 is 0 Å². The average Bonchev–Trinajstić information content (AvgIpc) is 1.94. The van der Waals surface area contributed by atoms with Crippen LogP contribution in [0.5, 0.6) is 0 Å². The van der Waals surface area contributed by atoms with Crippen LogP contribution in [-0.4, -0.2) is 0 Å². The Labute approximate surface area is 106 Å². The molecule has 0 unspecified atom stereocenters. The Morgan fingerprint density at radius 1 is 0.700 bits per heavy atom. The number of rotatable bonds is 0. The minimum Gasteiger partial charge on any atom is -0.197 e. The molecule has 0 aliphatic carbocycles. The van der Waals surface area contributed by atoms with Crippen LogP contribution in [0.4, 0.5) is 0 Å². The quantitative estimate of drug-likeness (QED) is 0.615. The molecule has 62 valence electrons. The van der Waals surface area contributed by atoms with Gasteiger partial charge < -0.3 is 0 Å². The van der Waals surface area contributed by atoms with Gasteiger partial charge in [0.1, 0.15) is 0 Å². The third-order valence-electron chi connectivity index (χ3n) is 0.0278. The molecule has 0 radical (unpaired) electrons. The average molecular weight is 323 g/mol. The van der Waals surface area contributed by atoms with Gasteiger partial charge in [0.15, 0.2) is 0 Å². The fraction of sp³-hybridized carbons (Fsp3) is 0. The van der Waals surface area contributed by atoms with E-state index in [0.717, 1.165) is 8.88 Å².